The zero-order chi connectivity index (χ0) is 12.9. The molecule has 1 aromatic rings. The molecule has 0 saturated carbocycles. The van der Waals surface area contributed by atoms with E-state index < -0.39 is 0 Å². The van der Waals surface area contributed by atoms with Gasteiger partial charge in [-0.1, -0.05) is 26.8 Å². The highest BCUT2D eigenvalue weighted by Crippen LogP contribution is 2.28. The van der Waals surface area contributed by atoms with E-state index in [1.807, 2.05) is 0 Å². The molecule has 17 heavy (non-hydrogen) atoms. The maximum atomic E-state index is 5.52. The molecule has 0 atom stereocenters. The van der Waals surface area contributed by atoms with Gasteiger partial charge < -0.3 is 10.5 Å². The second-order valence-corrected chi connectivity index (χ2v) is 5.57. The van der Waals surface area contributed by atoms with Crippen LogP contribution in [0.2, 0.25) is 0 Å². The van der Waals surface area contributed by atoms with Crippen molar-refractivity contribution < 1.29 is 4.74 Å². The number of hydrogen-bond acceptors (Lipinski definition) is 2. The zero-order valence-corrected chi connectivity index (χ0v) is 11.5. The molecule has 2 heteroatoms. The monoisotopic (exact) mass is 235 g/mol. The average Bonchev–Trinajstić information content (AvgIpc) is 2.28. The van der Waals surface area contributed by atoms with E-state index in [2.05, 4.69) is 39.0 Å². The first kappa shape index (κ1) is 14.0. The third kappa shape index (κ3) is 4.39. The Bertz CT molecular complexity index is 352. The molecule has 0 spiro atoms. The van der Waals surface area contributed by atoms with Crippen molar-refractivity contribution in [3.8, 4) is 5.75 Å². The molecule has 0 heterocycles. The first-order chi connectivity index (χ1) is 7.97. The van der Waals surface area contributed by atoms with Gasteiger partial charge in [-0.25, -0.2) is 0 Å². The van der Waals surface area contributed by atoms with Gasteiger partial charge in [0.2, 0.25) is 0 Å². The van der Waals surface area contributed by atoms with Crippen LogP contribution in [-0.2, 0) is 11.8 Å². The standard InChI is InChI=1S/C15H25NO/c1-15(2,3)13-9-12(7-5-6-8-16)10-14(11-13)17-4/h9-11H,5-8,16H2,1-4H3. The van der Waals surface area contributed by atoms with E-state index in [0.29, 0.717) is 0 Å². The number of nitrogens with two attached hydrogens (primary N) is 1. The smallest absolute Gasteiger partial charge is 0.119 e. The lowest BCUT2D eigenvalue weighted by atomic mass is 9.85. The first-order valence-corrected chi connectivity index (χ1v) is 6.36. The van der Waals surface area contributed by atoms with Gasteiger partial charge in [-0.05, 0) is 54.5 Å². The third-order valence-electron chi connectivity index (χ3n) is 2.99. The fourth-order valence-electron chi connectivity index (χ4n) is 1.83. The maximum Gasteiger partial charge on any atom is 0.119 e. The predicted octanol–water partition coefficient (Wildman–Crippen LogP) is 3.27. The minimum atomic E-state index is 0.164. The van der Waals surface area contributed by atoms with Gasteiger partial charge in [-0.3, -0.25) is 0 Å². The molecule has 0 amide bonds. The molecule has 0 aliphatic rings. The van der Waals surface area contributed by atoms with Crippen LogP contribution in [0, 0.1) is 0 Å². The molecule has 0 radical (unpaired) electrons. The molecule has 2 N–H and O–H groups in total. The molecule has 0 fully saturated rings. The summed E-state index contributed by atoms with van der Waals surface area (Å²) in [5.41, 5.74) is 8.37. The van der Waals surface area contributed by atoms with Crippen molar-refractivity contribution in [1.82, 2.24) is 0 Å². The van der Waals surface area contributed by atoms with E-state index in [9.17, 15) is 0 Å². The average molecular weight is 235 g/mol. The lowest BCUT2D eigenvalue weighted by molar-refractivity contribution is 0.412. The molecule has 0 aliphatic carbocycles. The second kappa shape index (κ2) is 6.06. The van der Waals surface area contributed by atoms with Gasteiger partial charge >= 0.3 is 0 Å². The van der Waals surface area contributed by atoms with Crippen LogP contribution in [0.25, 0.3) is 0 Å². The van der Waals surface area contributed by atoms with E-state index in [4.69, 9.17) is 10.5 Å². The Hall–Kier alpha value is -1.02. The van der Waals surface area contributed by atoms with Crippen molar-refractivity contribution in [2.75, 3.05) is 13.7 Å². The second-order valence-electron chi connectivity index (χ2n) is 5.57. The number of unbranched alkanes of at least 4 members (excludes halogenated alkanes) is 1. The van der Waals surface area contributed by atoms with Crippen LogP contribution in [0.4, 0.5) is 0 Å². The van der Waals surface area contributed by atoms with E-state index in [1.54, 1.807) is 7.11 Å². The van der Waals surface area contributed by atoms with Crippen molar-refractivity contribution in [2.24, 2.45) is 5.73 Å². The molecule has 0 bridgehead atoms. The largest absolute Gasteiger partial charge is 0.497 e. The Kier molecular flexibility index (Phi) is 5.01. The van der Waals surface area contributed by atoms with Gasteiger partial charge in [-0.15, -0.1) is 0 Å². The van der Waals surface area contributed by atoms with E-state index >= 15 is 0 Å². The Balaban J connectivity index is 2.89. The summed E-state index contributed by atoms with van der Waals surface area (Å²) in [7, 11) is 1.73. The normalized spacial score (nSPS) is 11.6. The molecular formula is C15H25NO. The lowest BCUT2D eigenvalue weighted by Gasteiger charge is -2.21. The Labute approximate surface area is 105 Å². The first-order valence-electron chi connectivity index (χ1n) is 6.36. The van der Waals surface area contributed by atoms with Crippen molar-refractivity contribution in [1.29, 1.82) is 0 Å². The van der Waals surface area contributed by atoms with Gasteiger partial charge in [0.05, 0.1) is 7.11 Å². The third-order valence-corrected chi connectivity index (χ3v) is 2.99. The number of methoxy groups -OCH3 is 1. The van der Waals surface area contributed by atoms with Gasteiger partial charge in [0.15, 0.2) is 0 Å². The Morgan fingerprint density at radius 2 is 1.82 bits per heavy atom. The molecular weight excluding hydrogens is 210 g/mol. The number of benzene rings is 1. The summed E-state index contributed by atoms with van der Waals surface area (Å²) in [6.07, 6.45) is 3.31. The van der Waals surface area contributed by atoms with Crippen LogP contribution in [0.5, 0.6) is 5.75 Å². The predicted molar refractivity (Wildman–Crippen MR) is 73.7 cm³/mol. The van der Waals surface area contributed by atoms with Crippen molar-refractivity contribution in [3.05, 3.63) is 29.3 Å². The molecule has 1 rings (SSSR count). The molecule has 96 valence electrons. The highest BCUT2D eigenvalue weighted by molar-refractivity contribution is 5.37. The van der Waals surface area contributed by atoms with E-state index in [0.717, 1.165) is 31.6 Å². The van der Waals surface area contributed by atoms with Gasteiger partial charge in [0, 0.05) is 0 Å². The lowest BCUT2D eigenvalue weighted by Crippen LogP contribution is -2.11. The summed E-state index contributed by atoms with van der Waals surface area (Å²) in [5, 5.41) is 0. The summed E-state index contributed by atoms with van der Waals surface area (Å²) >= 11 is 0. The van der Waals surface area contributed by atoms with Crippen LogP contribution in [0.3, 0.4) is 0 Å². The molecule has 1 aromatic carbocycles. The fourth-order valence-corrected chi connectivity index (χ4v) is 1.83. The van der Waals surface area contributed by atoms with Crippen LogP contribution in [0.15, 0.2) is 18.2 Å². The topological polar surface area (TPSA) is 35.2 Å². The van der Waals surface area contributed by atoms with Crippen LogP contribution >= 0.6 is 0 Å². The zero-order valence-electron chi connectivity index (χ0n) is 11.5. The van der Waals surface area contributed by atoms with E-state index in [1.165, 1.54) is 11.1 Å². The summed E-state index contributed by atoms with van der Waals surface area (Å²) in [4.78, 5) is 0. The van der Waals surface area contributed by atoms with Crippen LogP contribution < -0.4 is 10.5 Å². The maximum absolute atomic E-state index is 5.52. The summed E-state index contributed by atoms with van der Waals surface area (Å²) in [6.45, 7) is 7.46. The van der Waals surface area contributed by atoms with Crippen LogP contribution in [-0.4, -0.2) is 13.7 Å². The van der Waals surface area contributed by atoms with Crippen molar-refractivity contribution >= 4 is 0 Å². The van der Waals surface area contributed by atoms with Gasteiger partial charge in [0.25, 0.3) is 0 Å². The number of hydrogen-bond donors (Lipinski definition) is 1. The molecule has 2 nitrogen and oxygen atoms in total. The number of rotatable bonds is 5. The summed E-state index contributed by atoms with van der Waals surface area (Å²) in [5.74, 6) is 0.958. The van der Waals surface area contributed by atoms with E-state index in [-0.39, 0.29) is 5.41 Å². The molecule has 0 aromatic heterocycles. The summed E-state index contributed by atoms with van der Waals surface area (Å²) in [6, 6.07) is 6.55. The molecule has 0 aliphatic heterocycles. The Morgan fingerprint density at radius 3 is 2.35 bits per heavy atom. The minimum Gasteiger partial charge on any atom is -0.497 e. The van der Waals surface area contributed by atoms with Crippen LogP contribution in [0.1, 0.15) is 44.7 Å². The SMILES string of the molecule is COc1cc(CCCCN)cc(C(C)(C)C)c1. The fraction of sp³-hybridized carbons (Fsp3) is 0.600. The Morgan fingerprint density at radius 1 is 1.12 bits per heavy atom. The number of ether oxygens (including phenoxy) is 1. The molecule has 0 saturated heterocycles. The van der Waals surface area contributed by atoms with Gasteiger partial charge in [0.1, 0.15) is 5.75 Å². The van der Waals surface area contributed by atoms with Gasteiger partial charge in [-0.2, -0.15) is 0 Å². The van der Waals surface area contributed by atoms with Crippen molar-refractivity contribution in [2.45, 2.75) is 45.4 Å². The summed E-state index contributed by atoms with van der Waals surface area (Å²) < 4.78 is 5.37. The quantitative estimate of drug-likeness (QED) is 0.795. The minimum absolute atomic E-state index is 0.164. The highest BCUT2D eigenvalue weighted by Gasteiger charge is 2.15. The highest BCUT2D eigenvalue weighted by atomic mass is 16.5. The van der Waals surface area contributed by atoms with Crippen molar-refractivity contribution in [3.63, 3.8) is 0 Å². The molecule has 0 unspecified atom stereocenters. The number of aryl methyl sites for hydroxylation is 1.